The number of likely N-dealkylation sites (tertiary alicyclic amines) is 1. The maximum absolute atomic E-state index is 13.4. The summed E-state index contributed by atoms with van der Waals surface area (Å²) >= 11 is 6.89. The van der Waals surface area contributed by atoms with Crippen molar-refractivity contribution >= 4 is 27.2 Å². The van der Waals surface area contributed by atoms with E-state index in [4.69, 9.17) is 30.5 Å². The molecule has 3 heterocycles. The number of sulfone groups is 1. The number of aromatic nitrogens is 1. The molecule has 270 valence electrons. The van der Waals surface area contributed by atoms with Gasteiger partial charge in [0.1, 0.15) is 49.7 Å². The zero-order valence-corrected chi connectivity index (χ0v) is 30.5. The topological polar surface area (TPSA) is 128 Å². The number of rotatable bonds is 13. The van der Waals surface area contributed by atoms with Gasteiger partial charge in [0, 0.05) is 36.1 Å². The lowest BCUT2D eigenvalue weighted by molar-refractivity contribution is -0.123. The van der Waals surface area contributed by atoms with Crippen LogP contribution in [0.3, 0.4) is 0 Å². The number of carbonyl (C=O) groups excluding carboxylic acids is 1. The molecule has 4 aromatic rings. The number of hydrogen-bond acceptors (Lipinski definition) is 10. The van der Waals surface area contributed by atoms with Crippen molar-refractivity contribution in [2.45, 2.75) is 70.1 Å². The molecule has 12 heteroatoms. The van der Waals surface area contributed by atoms with Crippen LogP contribution in [0.1, 0.15) is 59.9 Å². The van der Waals surface area contributed by atoms with E-state index in [2.05, 4.69) is 24.0 Å². The molecule has 3 aromatic carbocycles. The summed E-state index contributed by atoms with van der Waals surface area (Å²) in [6.07, 6.45) is 6.74. The molecule has 0 amide bonds. The van der Waals surface area contributed by atoms with E-state index in [0.717, 1.165) is 52.2 Å². The number of carbonyl (C=O) groups is 1. The van der Waals surface area contributed by atoms with Crippen LogP contribution in [0.5, 0.6) is 23.0 Å². The van der Waals surface area contributed by atoms with E-state index >= 15 is 0 Å². The summed E-state index contributed by atoms with van der Waals surface area (Å²) in [6.45, 7) is 4.46. The van der Waals surface area contributed by atoms with Crippen molar-refractivity contribution < 1.29 is 32.2 Å². The smallest absolute Gasteiger partial charge is 0.164 e. The van der Waals surface area contributed by atoms with E-state index in [1.807, 2.05) is 35.2 Å². The summed E-state index contributed by atoms with van der Waals surface area (Å²) in [5, 5.41) is 9.37. The molecule has 1 aliphatic carbocycles. The van der Waals surface area contributed by atoms with Crippen molar-refractivity contribution in [2.75, 3.05) is 25.5 Å². The third kappa shape index (κ3) is 8.20. The van der Waals surface area contributed by atoms with E-state index < -0.39 is 21.6 Å². The van der Waals surface area contributed by atoms with Gasteiger partial charge in [0.25, 0.3) is 0 Å². The van der Waals surface area contributed by atoms with Crippen LogP contribution in [0.2, 0.25) is 5.02 Å². The van der Waals surface area contributed by atoms with Gasteiger partial charge in [-0.05, 0) is 85.7 Å². The lowest BCUT2D eigenvalue weighted by atomic mass is 9.96. The average molecular weight is 742 g/mol. The molecule has 2 aliphatic heterocycles. The molecule has 0 radical (unpaired) electrons. The number of ether oxygens (including phenoxy) is 4. The SMILES string of the molecule is Cc1c(COc2cc(OCc3cncc(C#N)c3)c(CN3CCCC[C@H]3C(=O)CS(=O)(=O)C3CC3)cc2Cl)cccc1-c1ccc2c(c1)OCCO2. The van der Waals surface area contributed by atoms with Gasteiger partial charge in [0.2, 0.25) is 0 Å². The van der Waals surface area contributed by atoms with Gasteiger partial charge < -0.3 is 18.9 Å². The first-order valence-corrected chi connectivity index (χ1v) is 19.7. The summed E-state index contributed by atoms with van der Waals surface area (Å²) in [4.78, 5) is 19.6. The van der Waals surface area contributed by atoms with Crippen LogP contribution in [-0.4, -0.2) is 60.9 Å². The first-order chi connectivity index (χ1) is 25.2. The molecule has 52 heavy (non-hydrogen) atoms. The average Bonchev–Trinajstić information content (AvgIpc) is 4.02. The molecule has 0 N–H and O–H groups in total. The fraction of sp³-hybridized carbons (Fsp3) is 0.375. The molecule has 1 aromatic heterocycles. The van der Waals surface area contributed by atoms with Crippen LogP contribution in [-0.2, 0) is 34.4 Å². The van der Waals surface area contributed by atoms with Crippen molar-refractivity contribution in [2.24, 2.45) is 0 Å². The molecule has 2 fully saturated rings. The summed E-state index contributed by atoms with van der Waals surface area (Å²) in [6, 6.07) is 18.9. The van der Waals surface area contributed by atoms with Crippen molar-refractivity contribution in [3.63, 3.8) is 0 Å². The van der Waals surface area contributed by atoms with Crippen LogP contribution in [0, 0.1) is 18.3 Å². The molecule has 1 saturated carbocycles. The minimum atomic E-state index is -3.43. The van der Waals surface area contributed by atoms with E-state index in [1.165, 1.54) is 6.20 Å². The van der Waals surface area contributed by atoms with Crippen molar-refractivity contribution in [1.82, 2.24) is 9.88 Å². The van der Waals surface area contributed by atoms with Gasteiger partial charge in [-0.15, -0.1) is 0 Å². The quantitative estimate of drug-likeness (QED) is 0.141. The number of Topliss-reactive ketones (excluding diaryl/α,β-unsaturated/α-hetero) is 1. The summed E-state index contributed by atoms with van der Waals surface area (Å²) < 4.78 is 49.7. The van der Waals surface area contributed by atoms with Gasteiger partial charge in [-0.2, -0.15) is 5.26 Å². The number of nitriles is 1. The van der Waals surface area contributed by atoms with E-state index in [-0.39, 0.29) is 24.2 Å². The van der Waals surface area contributed by atoms with Gasteiger partial charge in [-0.1, -0.05) is 42.3 Å². The number of ketones is 1. The van der Waals surface area contributed by atoms with Crippen LogP contribution in [0.4, 0.5) is 0 Å². The lowest BCUT2D eigenvalue weighted by Gasteiger charge is -2.35. The number of fused-ring (bicyclic) bond motifs is 1. The number of halogens is 1. The second kappa shape index (κ2) is 15.5. The highest BCUT2D eigenvalue weighted by Gasteiger charge is 2.39. The predicted octanol–water partition coefficient (Wildman–Crippen LogP) is 7.01. The summed E-state index contributed by atoms with van der Waals surface area (Å²) in [5.41, 5.74) is 5.96. The Kier molecular flexibility index (Phi) is 10.7. The first kappa shape index (κ1) is 35.8. The summed E-state index contributed by atoms with van der Waals surface area (Å²) in [7, 11) is -3.43. The number of benzene rings is 3. The standard InChI is InChI=1S/C40H40ClN3O7S/c1-26-30(5-4-6-33(26)29-8-11-37-40(17-29)49-14-13-48-37)24-51-39-18-38(50-23-28-15-27(19-42)20-43-21-28)31(16-34(39)41)22-44-12-3-2-7-35(44)36(45)25-52(46,47)32-9-10-32/h4-6,8,11,15-18,20-21,32,35H,2-3,7,9-10,12-14,22-25H2,1H3/t35-/m0/s1. The summed E-state index contributed by atoms with van der Waals surface area (Å²) in [5.74, 6) is 1.71. The maximum atomic E-state index is 13.4. The Labute approximate surface area is 309 Å². The van der Waals surface area contributed by atoms with Crippen molar-refractivity contribution in [1.29, 1.82) is 5.26 Å². The maximum Gasteiger partial charge on any atom is 0.164 e. The van der Waals surface area contributed by atoms with Gasteiger partial charge in [0.05, 0.1) is 21.9 Å². The Balaban J connectivity index is 1.13. The van der Waals surface area contributed by atoms with E-state index in [9.17, 15) is 18.5 Å². The predicted molar refractivity (Wildman–Crippen MR) is 197 cm³/mol. The number of piperidine rings is 1. The second-order valence-corrected chi connectivity index (χ2v) is 16.3. The number of pyridine rings is 1. The number of nitrogens with zero attached hydrogens (tertiary/aromatic N) is 3. The molecular weight excluding hydrogens is 702 g/mol. The lowest BCUT2D eigenvalue weighted by Crippen LogP contribution is -2.46. The monoisotopic (exact) mass is 741 g/mol. The fourth-order valence-corrected chi connectivity index (χ4v) is 8.78. The Morgan fingerprint density at radius 3 is 2.58 bits per heavy atom. The van der Waals surface area contributed by atoms with Gasteiger partial charge >= 0.3 is 0 Å². The molecular formula is C40H40ClN3O7S. The molecule has 1 saturated heterocycles. The minimum Gasteiger partial charge on any atom is -0.488 e. The van der Waals surface area contributed by atoms with Crippen molar-refractivity contribution in [3.8, 4) is 40.2 Å². The van der Waals surface area contributed by atoms with Crippen LogP contribution < -0.4 is 18.9 Å². The van der Waals surface area contributed by atoms with Crippen LogP contribution >= 0.6 is 11.6 Å². The van der Waals surface area contributed by atoms with Crippen molar-refractivity contribution in [3.05, 3.63) is 99.8 Å². The minimum absolute atomic E-state index is 0.134. The molecule has 7 rings (SSSR count). The molecule has 10 nitrogen and oxygen atoms in total. The third-order valence-corrected chi connectivity index (χ3v) is 12.3. The third-order valence-electron chi connectivity index (χ3n) is 9.85. The Morgan fingerprint density at radius 2 is 1.77 bits per heavy atom. The zero-order chi connectivity index (χ0) is 36.2. The van der Waals surface area contributed by atoms with E-state index in [0.29, 0.717) is 73.2 Å². The zero-order valence-electron chi connectivity index (χ0n) is 29.0. The highest BCUT2D eigenvalue weighted by molar-refractivity contribution is 7.93. The fourth-order valence-electron chi connectivity index (χ4n) is 6.86. The normalized spacial score (nSPS) is 17.3. The molecule has 0 bridgehead atoms. The Morgan fingerprint density at radius 1 is 0.962 bits per heavy atom. The Bertz CT molecular complexity index is 2130. The van der Waals surface area contributed by atoms with E-state index in [1.54, 1.807) is 24.4 Å². The molecule has 0 unspecified atom stereocenters. The molecule has 0 spiro atoms. The highest BCUT2D eigenvalue weighted by Crippen LogP contribution is 2.38. The van der Waals surface area contributed by atoms with Gasteiger partial charge in [0.15, 0.2) is 27.1 Å². The first-order valence-electron chi connectivity index (χ1n) is 17.6. The van der Waals surface area contributed by atoms with Gasteiger partial charge in [-0.3, -0.25) is 14.7 Å². The van der Waals surface area contributed by atoms with Crippen LogP contribution in [0.25, 0.3) is 11.1 Å². The van der Waals surface area contributed by atoms with Gasteiger partial charge in [-0.25, -0.2) is 8.42 Å². The molecule has 1 atom stereocenters. The number of hydrogen-bond donors (Lipinski definition) is 0. The van der Waals surface area contributed by atoms with Crippen LogP contribution in [0.15, 0.2) is 67.0 Å². The second-order valence-electron chi connectivity index (χ2n) is 13.6. The largest absolute Gasteiger partial charge is 0.488 e. The Hall–Kier alpha value is -4.63. The molecule has 3 aliphatic rings. The highest BCUT2D eigenvalue weighted by atomic mass is 35.5.